The third-order valence-electron chi connectivity index (χ3n) is 5.06. The number of aromatic nitrogens is 2. The lowest BCUT2D eigenvalue weighted by Gasteiger charge is -2.28. The Morgan fingerprint density at radius 1 is 1.33 bits per heavy atom. The second kappa shape index (κ2) is 6.26. The first-order chi connectivity index (χ1) is 11.6. The van der Waals surface area contributed by atoms with E-state index in [1.54, 1.807) is 6.20 Å². The van der Waals surface area contributed by atoms with Gasteiger partial charge < -0.3 is 14.6 Å². The maximum atomic E-state index is 6.20. The number of aromatic amines is 1. The van der Waals surface area contributed by atoms with Crippen LogP contribution in [0.15, 0.2) is 24.4 Å². The summed E-state index contributed by atoms with van der Waals surface area (Å²) in [6.07, 6.45) is 4.08. The zero-order chi connectivity index (χ0) is 16.7. The van der Waals surface area contributed by atoms with Gasteiger partial charge in [0.15, 0.2) is 0 Å². The van der Waals surface area contributed by atoms with E-state index in [-0.39, 0.29) is 0 Å². The molecule has 4 rings (SSSR count). The van der Waals surface area contributed by atoms with Crippen LogP contribution in [-0.2, 0) is 0 Å². The number of fused-ring (bicyclic) bond motifs is 3. The SMILES string of the molecule is Cc1ccc(OCC2CCN(C)CC2)c2[nH]c3ncc(Cl)cc3c12. The van der Waals surface area contributed by atoms with Gasteiger partial charge in [0.25, 0.3) is 0 Å². The van der Waals surface area contributed by atoms with Crippen molar-refractivity contribution in [2.45, 2.75) is 19.8 Å². The summed E-state index contributed by atoms with van der Waals surface area (Å²) in [7, 11) is 2.18. The molecule has 4 nitrogen and oxygen atoms in total. The van der Waals surface area contributed by atoms with E-state index in [2.05, 4.69) is 41.0 Å². The average molecular weight is 344 g/mol. The van der Waals surface area contributed by atoms with Crippen molar-refractivity contribution < 1.29 is 4.74 Å². The van der Waals surface area contributed by atoms with Gasteiger partial charge in [0.05, 0.1) is 17.1 Å². The molecule has 1 aromatic carbocycles. The molecule has 0 amide bonds. The summed E-state index contributed by atoms with van der Waals surface area (Å²) < 4.78 is 6.20. The van der Waals surface area contributed by atoms with Gasteiger partial charge in [0.1, 0.15) is 11.4 Å². The van der Waals surface area contributed by atoms with E-state index in [9.17, 15) is 0 Å². The molecular weight excluding hydrogens is 322 g/mol. The molecule has 0 aliphatic carbocycles. The predicted molar refractivity (Wildman–Crippen MR) is 99.1 cm³/mol. The van der Waals surface area contributed by atoms with Crippen LogP contribution in [0.1, 0.15) is 18.4 Å². The molecule has 1 aliphatic rings. The predicted octanol–water partition coefficient (Wildman–Crippen LogP) is 4.40. The van der Waals surface area contributed by atoms with Gasteiger partial charge in [-0.3, -0.25) is 0 Å². The molecule has 2 aromatic heterocycles. The Kier molecular flexibility index (Phi) is 4.10. The van der Waals surface area contributed by atoms with E-state index in [0.717, 1.165) is 47.4 Å². The number of nitrogens with zero attached hydrogens (tertiary/aromatic N) is 2. The Labute approximate surface area is 146 Å². The molecule has 1 saturated heterocycles. The summed E-state index contributed by atoms with van der Waals surface area (Å²) in [6.45, 7) is 5.20. The van der Waals surface area contributed by atoms with Gasteiger partial charge in [-0.15, -0.1) is 0 Å². The van der Waals surface area contributed by atoms with Crippen molar-refractivity contribution in [3.8, 4) is 5.75 Å². The van der Waals surface area contributed by atoms with E-state index in [1.165, 1.54) is 18.4 Å². The minimum atomic E-state index is 0.634. The molecule has 24 heavy (non-hydrogen) atoms. The van der Waals surface area contributed by atoms with Crippen molar-refractivity contribution in [1.82, 2.24) is 14.9 Å². The quantitative estimate of drug-likeness (QED) is 0.766. The Bertz CT molecular complexity index is 881. The highest BCUT2D eigenvalue weighted by Crippen LogP contribution is 2.35. The van der Waals surface area contributed by atoms with Crippen molar-refractivity contribution >= 4 is 33.5 Å². The molecule has 126 valence electrons. The van der Waals surface area contributed by atoms with Crippen LogP contribution in [0.4, 0.5) is 0 Å². The normalized spacial score (nSPS) is 17.0. The molecule has 1 aliphatic heterocycles. The Morgan fingerprint density at radius 3 is 2.92 bits per heavy atom. The van der Waals surface area contributed by atoms with E-state index >= 15 is 0 Å². The van der Waals surface area contributed by atoms with Gasteiger partial charge in [0, 0.05) is 17.0 Å². The molecule has 0 unspecified atom stereocenters. The van der Waals surface area contributed by atoms with E-state index in [0.29, 0.717) is 10.9 Å². The number of ether oxygens (including phenoxy) is 1. The van der Waals surface area contributed by atoms with Crippen LogP contribution in [-0.4, -0.2) is 41.6 Å². The summed E-state index contributed by atoms with van der Waals surface area (Å²) in [5, 5.41) is 2.86. The average Bonchev–Trinajstić information content (AvgIpc) is 2.95. The first-order valence-corrected chi connectivity index (χ1v) is 8.87. The molecule has 5 heteroatoms. The lowest BCUT2D eigenvalue weighted by atomic mass is 9.98. The minimum Gasteiger partial charge on any atom is -0.491 e. The molecule has 0 bridgehead atoms. The number of rotatable bonds is 3. The smallest absolute Gasteiger partial charge is 0.143 e. The number of nitrogens with one attached hydrogen (secondary N) is 1. The van der Waals surface area contributed by atoms with Crippen LogP contribution >= 0.6 is 11.6 Å². The molecular formula is C19H22ClN3O. The minimum absolute atomic E-state index is 0.634. The van der Waals surface area contributed by atoms with E-state index in [1.807, 2.05) is 6.07 Å². The van der Waals surface area contributed by atoms with Gasteiger partial charge in [0.2, 0.25) is 0 Å². The molecule has 0 spiro atoms. The number of H-pyrrole nitrogens is 1. The van der Waals surface area contributed by atoms with Crippen molar-refractivity contribution in [2.24, 2.45) is 5.92 Å². The number of halogens is 1. The number of benzene rings is 1. The van der Waals surface area contributed by atoms with Gasteiger partial charge >= 0.3 is 0 Å². The number of likely N-dealkylation sites (tertiary alicyclic amines) is 1. The second-order valence-corrected chi connectivity index (χ2v) is 7.30. The Balaban J connectivity index is 1.66. The number of pyridine rings is 1. The summed E-state index contributed by atoms with van der Waals surface area (Å²) in [5.41, 5.74) is 3.08. The van der Waals surface area contributed by atoms with Crippen LogP contribution in [0.3, 0.4) is 0 Å². The van der Waals surface area contributed by atoms with Gasteiger partial charge in [-0.2, -0.15) is 0 Å². The summed E-state index contributed by atoms with van der Waals surface area (Å²) in [6, 6.07) is 6.14. The van der Waals surface area contributed by atoms with Crippen molar-refractivity contribution in [3.63, 3.8) is 0 Å². The number of piperidine rings is 1. The highest BCUT2D eigenvalue weighted by atomic mass is 35.5. The standard InChI is InChI=1S/C19H22ClN3O/c1-12-3-4-16(24-11-13-5-7-23(2)8-6-13)18-17(12)15-9-14(20)10-21-19(15)22-18/h3-4,9-10,13H,5-8,11H2,1-2H3,(H,21,22). The summed E-state index contributed by atoms with van der Waals surface area (Å²) in [5.74, 6) is 1.54. The molecule has 0 atom stereocenters. The first kappa shape index (κ1) is 15.7. The molecule has 3 heterocycles. The number of hydrogen-bond acceptors (Lipinski definition) is 3. The molecule has 1 fully saturated rings. The first-order valence-electron chi connectivity index (χ1n) is 8.49. The van der Waals surface area contributed by atoms with Gasteiger partial charge in [-0.05, 0) is 63.5 Å². The molecule has 0 radical (unpaired) electrons. The third kappa shape index (κ3) is 2.85. The number of hydrogen-bond donors (Lipinski definition) is 1. The monoisotopic (exact) mass is 343 g/mol. The van der Waals surface area contributed by atoms with E-state index in [4.69, 9.17) is 16.3 Å². The highest BCUT2D eigenvalue weighted by molar-refractivity contribution is 6.31. The van der Waals surface area contributed by atoms with E-state index < -0.39 is 0 Å². The Hall–Kier alpha value is -1.78. The highest BCUT2D eigenvalue weighted by Gasteiger charge is 2.18. The zero-order valence-electron chi connectivity index (χ0n) is 14.1. The fraction of sp³-hybridized carbons (Fsp3) is 0.421. The molecule has 1 N–H and O–H groups in total. The Morgan fingerprint density at radius 2 is 2.12 bits per heavy atom. The largest absolute Gasteiger partial charge is 0.491 e. The maximum Gasteiger partial charge on any atom is 0.143 e. The van der Waals surface area contributed by atoms with Gasteiger partial charge in [-0.25, -0.2) is 4.98 Å². The van der Waals surface area contributed by atoms with Crippen molar-refractivity contribution in [3.05, 3.63) is 35.0 Å². The van der Waals surface area contributed by atoms with Crippen LogP contribution in [0.2, 0.25) is 5.02 Å². The number of aryl methyl sites for hydroxylation is 1. The van der Waals surface area contributed by atoms with Crippen molar-refractivity contribution in [1.29, 1.82) is 0 Å². The topological polar surface area (TPSA) is 41.1 Å². The van der Waals surface area contributed by atoms with Crippen LogP contribution in [0.5, 0.6) is 5.75 Å². The van der Waals surface area contributed by atoms with Crippen LogP contribution < -0.4 is 4.74 Å². The third-order valence-corrected chi connectivity index (χ3v) is 5.26. The van der Waals surface area contributed by atoms with Crippen LogP contribution in [0.25, 0.3) is 21.9 Å². The van der Waals surface area contributed by atoms with Crippen molar-refractivity contribution in [2.75, 3.05) is 26.7 Å². The molecule has 0 saturated carbocycles. The summed E-state index contributed by atoms with van der Waals surface area (Å²) >= 11 is 6.13. The van der Waals surface area contributed by atoms with Crippen LogP contribution in [0, 0.1) is 12.8 Å². The fourth-order valence-electron chi connectivity index (χ4n) is 3.56. The maximum absolute atomic E-state index is 6.20. The lowest BCUT2D eigenvalue weighted by Crippen LogP contribution is -2.32. The zero-order valence-corrected chi connectivity index (χ0v) is 14.9. The molecule has 3 aromatic rings. The fourth-order valence-corrected chi connectivity index (χ4v) is 3.72. The second-order valence-electron chi connectivity index (χ2n) is 6.86. The van der Waals surface area contributed by atoms with Gasteiger partial charge in [-0.1, -0.05) is 17.7 Å². The summed E-state index contributed by atoms with van der Waals surface area (Å²) in [4.78, 5) is 10.2. The lowest BCUT2D eigenvalue weighted by molar-refractivity contribution is 0.161.